The van der Waals surface area contributed by atoms with E-state index in [1.807, 2.05) is 11.8 Å². The van der Waals surface area contributed by atoms with E-state index in [4.69, 9.17) is 0 Å². The van der Waals surface area contributed by atoms with Crippen molar-refractivity contribution < 1.29 is 4.79 Å². The van der Waals surface area contributed by atoms with Crippen molar-refractivity contribution in [1.29, 1.82) is 0 Å². The average Bonchev–Trinajstić information content (AvgIpc) is 2.99. The molecule has 4 heteroatoms. The van der Waals surface area contributed by atoms with Crippen molar-refractivity contribution >= 4 is 17.7 Å². The zero-order valence-corrected chi connectivity index (χ0v) is 11.8. The van der Waals surface area contributed by atoms with Gasteiger partial charge in [0.25, 0.3) is 0 Å². The van der Waals surface area contributed by atoms with E-state index in [9.17, 15) is 4.79 Å². The summed E-state index contributed by atoms with van der Waals surface area (Å²) >= 11 is 2.05. The maximum Gasteiger partial charge on any atom is 0.237 e. The van der Waals surface area contributed by atoms with Crippen molar-refractivity contribution in [2.75, 3.05) is 24.6 Å². The molecule has 18 heavy (non-hydrogen) atoms. The number of hydrogen-bond donors (Lipinski definition) is 2. The number of hydrogen-bond acceptors (Lipinski definition) is 3. The molecule has 3 aliphatic rings. The van der Waals surface area contributed by atoms with E-state index < -0.39 is 0 Å². The SMILES string of the molecule is O=C(NCC1CCSCC1)C1NCC2CCCC21. The van der Waals surface area contributed by atoms with E-state index in [2.05, 4.69) is 10.6 Å². The summed E-state index contributed by atoms with van der Waals surface area (Å²) in [5.41, 5.74) is 0. The maximum atomic E-state index is 12.3. The van der Waals surface area contributed by atoms with Crippen molar-refractivity contribution in [3.05, 3.63) is 0 Å². The normalized spacial score (nSPS) is 36.6. The predicted molar refractivity (Wildman–Crippen MR) is 75.7 cm³/mol. The van der Waals surface area contributed by atoms with E-state index in [0.717, 1.165) is 24.9 Å². The fourth-order valence-electron chi connectivity index (χ4n) is 3.78. The summed E-state index contributed by atoms with van der Waals surface area (Å²) in [5.74, 6) is 4.91. The lowest BCUT2D eigenvalue weighted by Gasteiger charge is -2.23. The fourth-order valence-corrected chi connectivity index (χ4v) is 4.98. The summed E-state index contributed by atoms with van der Waals surface area (Å²) in [5, 5.41) is 6.63. The molecule has 1 aliphatic carbocycles. The van der Waals surface area contributed by atoms with Gasteiger partial charge in [-0.2, -0.15) is 11.8 Å². The van der Waals surface area contributed by atoms with Crippen LogP contribution in [0.3, 0.4) is 0 Å². The Bertz CT molecular complexity index is 304. The minimum Gasteiger partial charge on any atom is -0.354 e. The van der Waals surface area contributed by atoms with Gasteiger partial charge in [0.2, 0.25) is 5.91 Å². The Hall–Kier alpha value is -0.220. The summed E-state index contributed by atoms with van der Waals surface area (Å²) in [6, 6.07) is 0.107. The van der Waals surface area contributed by atoms with Crippen molar-refractivity contribution in [3.8, 4) is 0 Å². The van der Waals surface area contributed by atoms with Crippen LogP contribution >= 0.6 is 11.8 Å². The molecule has 2 N–H and O–H groups in total. The Kier molecular flexibility index (Phi) is 4.14. The first-order valence-corrected chi connectivity index (χ1v) is 8.59. The molecule has 3 atom stereocenters. The highest BCUT2D eigenvalue weighted by Crippen LogP contribution is 2.37. The molecular formula is C14H24N2OS. The molecule has 0 spiro atoms. The molecule has 1 amide bonds. The summed E-state index contributed by atoms with van der Waals surface area (Å²) in [6.07, 6.45) is 6.43. The number of fused-ring (bicyclic) bond motifs is 1. The van der Waals surface area contributed by atoms with Crippen molar-refractivity contribution in [1.82, 2.24) is 10.6 Å². The first-order chi connectivity index (χ1) is 8.84. The zero-order chi connectivity index (χ0) is 12.4. The Morgan fingerprint density at radius 1 is 1.22 bits per heavy atom. The molecule has 102 valence electrons. The second-order valence-corrected chi connectivity index (χ2v) is 7.27. The molecule has 3 rings (SSSR count). The second kappa shape index (κ2) is 5.83. The van der Waals surface area contributed by atoms with E-state index in [-0.39, 0.29) is 11.9 Å². The largest absolute Gasteiger partial charge is 0.354 e. The lowest BCUT2D eigenvalue weighted by molar-refractivity contribution is -0.124. The van der Waals surface area contributed by atoms with Gasteiger partial charge in [-0.15, -0.1) is 0 Å². The van der Waals surface area contributed by atoms with Gasteiger partial charge in [-0.25, -0.2) is 0 Å². The van der Waals surface area contributed by atoms with Gasteiger partial charge >= 0.3 is 0 Å². The molecule has 2 heterocycles. The van der Waals surface area contributed by atoms with Crippen LogP contribution in [0.4, 0.5) is 0 Å². The van der Waals surface area contributed by atoms with Crippen LogP contribution in [0.15, 0.2) is 0 Å². The van der Waals surface area contributed by atoms with Crippen LogP contribution in [0.5, 0.6) is 0 Å². The number of nitrogens with one attached hydrogen (secondary N) is 2. The molecular weight excluding hydrogens is 244 g/mol. The minimum atomic E-state index is 0.107. The Balaban J connectivity index is 1.46. The topological polar surface area (TPSA) is 41.1 Å². The lowest BCUT2D eigenvalue weighted by Crippen LogP contribution is -2.45. The van der Waals surface area contributed by atoms with E-state index in [1.165, 1.54) is 43.6 Å². The predicted octanol–water partition coefficient (Wildman–Crippen LogP) is 1.63. The third kappa shape index (κ3) is 2.69. The highest BCUT2D eigenvalue weighted by molar-refractivity contribution is 7.99. The standard InChI is InChI=1S/C14H24N2OS/c17-14(16-8-10-4-6-18-7-5-10)13-12-3-1-2-11(12)9-15-13/h10-13,15H,1-9H2,(H,16,17). The first kappa shape index (κ1) is 12.8. The van der Waals surface area contributed by atoms with Crippen LogP contribution < -0.4 is 10.6 Å². The first-order valence-electron chi connectivity index (χ1n) is 7.43. The molecule has 2 saturated heterocycles. The highest BCUT2D eigenvalue weighted by atomic mass is 32.2. The van der Waals surface area contributed by atoms with Crippen molar-refractivity contribution in [3.63, 3.8) is 0 Å². The summed E-state index contributed by atoms with van der Waals surface area (Å²) < 4.78 is 0. The van der Waals surface area contributed by atoms with Crippen LogP contribution in [0.25, 0.3) is 0 Å². The quantitative estimate of drug-likeness (QED) is 0.817. The smallest absolute Gasteiger partial charge is 0.237 e. The second-order valence-electron chi connectivity index (χ2n) is 6.04. The van der Waals surface area contributed by atoms with Gasteiger partial charge in [-0.1, -0.05) is 6.42 Å². The van der Waals surface area contributed by atoms with Crippen LogP contribution in [0.1, 0.15) is 32.1 Å². The molecule has 3 unspecified atom stereocenters. The summed E-state index contributed by atoms with van der Waals surface area (Å²) in [4.78, 5) is 12.3. The van der Waals surface area contributed by atoms with Crippen molar-refractivity contribution in [2.24, 2.45) is 17.8 Å². The van der Waals surface area contributed by atoms with Gasteiger partial charge < -0.3 is 10.6 Å². The molecule has 1 saturated carbocycles. The zero-order valence-electron chi connectivity index (χ0n) is 11.0. The van der Waals surface area contributed by atoms with Gasteiger partial charge in [-0.05, 0) is 61.5 Å². The molecule has 0 aromatic heterocycles. The van der Waals surface area contributed by atoms with E-state index in [1.54, 1.807) is 0 Å². The van der Waals surface area contributed by atoms with Crippen LogP contribution in [-0.2, 0) is 4.79 Å². The highest BCUT2D eigenvalue weighted by Gasteiger charge is 2.42. The van der Waals surface area contributed by atoms with Crippen LogP contribution in [0, 0.1) is 17.8 Å². The van der Waals surface area contributed by atoms with Gasteiger partial charge in [0.15, 0.2) is 0 Å². The van der Waals surface area contributed by atoms with Crippen LogP contribution in [0.2, 0.25) is 0 Å². The van der Waals surface area contributed by atoms with Crippen molar-refractivity contribution in [2.45, 2.75) is 38.1 Å². The van der Waals surface area contributed by atoms with Gasteiger partial charge in [0, 0.05) is 6.54 Å². The number of rotatable bonds is 3. The molecule has 3 nitrogen and oxygen atoms in total. The Morgan fingerprint density at radius 2 is 2.06 bits per heavy atom. The third-order valence-electron chi connectivity index (χ3n) is 4.93. The fraction of sp³-hybridized carbons (Fsp3) is 0.929. The van der Waals surface area contributed by atoms with Gasteiger partial charge in [-0.3, -0.25) is 4.79 Å². The number of carbonyl (C=O) groups excluding carboxylic acids is 1. The monoisotopic (exact) mass is 268 g/mol. The summed E-state index contributed by atoms with van der Waals surface area (Å²) in [6.45, 7) is 1.96. The molecule has 0 radical (unpaired) electrons. The molecule has 2 aliphatic heterocycles. The molecule has 0 bridgehead atoms. The average molecular weight is 268 g/mol. The van der Waals surface area contributed by atoms with Gasteiger partial charge in [0.1, 0.15) is 0 Å². The van der Waals surface area contributed by atoms with Gasteiger partial charge in [0.05, 0.1) is 6.04 Å². The molecule has 0 aromatic rings. The van der Waals surface area contributed by atoms with E-state index >= 15 is 0 Å². The number of amides is 1. The summed E-state index contributed by atoms with van der Waals surface area (Å²) in [7, 11) is 0. The van der Waals surface area contributed by atoms with Crippen LogP contribution in [-0.4, -0.2) is 36.5 Å². The maximum absolute atomic E-state index is 12.3. The molecule has 0 aromatic carbocycles. The number of carbonyl (C=O) groups is 1. The Labute approximate surface area is 114 Å². The number of thioether (sulfide) groups is 1. The lowest BCUT2D eigenvalue weighted by atomic mass is 9.93. The minimum absolute atomic E-state index is 0.107. The Morgan fingerprint density at radius 3 is 2.89 bits per heavy atom. The molecule has 3 fully saturated rings. The third-order valence-corrected chi connectivity index (χ3v) is 5.98. The van der Waals surface area contributed by atoms with E-state index in [0.29, 0.717) is 5.92 Å².